The first-order chi connectivity index (χ1) is 18.8. The lowest BCUT2D eigenvalue weighted by Gasteiger charge is -2.49. The highest BCUT2D eigenvalue weighted by molar-refractivity contribution is 8.00. The number of carbonyl (C=O) groups excluding carboxylic acids is 5. The molecule has 224 valence electrons. The van der Waals surface area contributed by atoms with Gasteiger partial charge in [0.1, 0.15) is 17.1 Å². The number of fused-ring (bicyclic) bond motifs is 1. The van der Waals surface area contributed by atoms with Gasteiger partial charge in [0.2, 0.25) is 12.4 Å². The van der Waals surface area contributed by atoms with Crippen LogP contribution in [0.4, 0.5) is 0 Å². The molecule has 3 unspecified atom stereocenters. The van der Waals surface area contributed by atoms with Crippen LogP contribution >= 0.6 is 11.8 Å². The van der Waals surface area contributed by atoms with E-state index in [4.69, 9.17) is 24.4 Å². The van der Waals surface area contributed by atoms with Crippen LogP contribution in [0.1, 0.15) is 40.5 Å². The second-order valence-electron chi connectivity index (χ2n) is 8.45. The van der Waals surface area contributed by atoms with Gasteiger partial charge in [-0.3, -0.25) is 29.5 Å². The molecule has 2 N–H and O–H groups in total. The van der Waals surface area contributed by atoms with Gasteiger partial charge in [-0.1, -0.05) is 6.92 Å². The lowest BCUT2D eigenvalue weighted by Crippen LogP contribution is -2.71. The van der Waals surface area contributed by atoms with Crippen molar-refractivity contribution in [3.63, 3.8) is 0 Å². The number of hydrogen-bond donors (Lipinski definition) is 2. The highest BCUT2D eigenvalue weighted by Crippen LogP contribution is 2.41. The molecule has 2 heterocycles. The maximum absolute atomic E-state index is 13.1. The summed E-state index contributed by atoms with van der Waals surface area (Å²) in [6.45, 7) is 5.70. The average molecular weight is 608 g/mol. The van der Waals surface area contributed by atoms with E-state index >= 15 is 0 Å². The molecule has 2 amide bonds. The molecule has 2 aliphatic rings. The van der Waals surface area contributed by atoms with E-state index in [1.807, 2.05) is 0 Å². The molecule has 40 heavy (non-hydrogen) atoms. The number of ether oxygens (including phenoxy) is 4. The second kappa shape index (κ2) is 14.6. The molecule has 17 heteroatoms. The summed E-state index contributed by atoms with van der Waals surface area (Å²) in [7, 11) is -2.80. The van der Waals surface area contributed by atoms with E-state index in [-0.39, 0.29) is 31.1 Å². The van der Waals surface area contributed by atoms with Gasteiger partial charge in [0.05, 0.1) is 12.4 Å². The number of rotatable bonds is 15. The molecule has 0 aromatic rings. The Hall–Kier alpha value is -3.02. The highest BCUT2D eigenvalue weighted by Gasteiger charge is 2.55. The van der Waals surface area contributed by atoms with Gasteiger partial charge >= 0.3 is 22.1 Å². The van der Waals surface area contributed by atoms with Crippen molar-refractivity contribution in [2.75, 3.05) is 31.8 Å². The van der Waals surface area contributed by atoms with Crippen molar-refractivity contribution in [2.45, 2.75) is 64.3 Å². The van der Waals surface area contributed by atoms with Crippen molar-refractivity contribution in [2.24, 2.45) is 0 Å². The fraction of sp³-hybridized carbons (Fsp3) is 0.652. The molecule has 15 nitrogen and oxygen atoms in total. The van der Waals surface area contributed by atoms with Gasteiger partial charge < -0.3 is 28.4 Å². The fourth-order valence-electron chi connectivity index (χ4n) is 3.65. The quantitative estimate of drug-likeness (QED) is 0.0473. The Bertz CT molecular complexity index is 1170. The summed E-state index contributed by atoms with van der Waals surface area (Å²) in [4.78, 5) is 64.5. The van der Waals surface area contributed by atoms with Gasteiger partial charge in [0.15, 0.2) is 0 Å². The normalized spacial score (nSPS) is 20.0. The number of β-lactam (4-membered cyclic amide) rings is 1. The van der Waals surface area contributed by atoms with Crippen LogP contribution in [0.2, 0.25) is 0 Å². The number of nitrogens with zero attached hydrogens (tertiary/aromatic N) is 1. The molecule has 1 saturated heterocycles. The second-order valence-corrected chi connectivity index (χ2v) is 11.4. The van der Waals surface area contributed by atoms with Crippen LogP contribution in [-0.2, 0) is 57.2 Å². The number of carbonyl (C=O) groups is 5. The van der Waals surface area contributed by atoms with Crippen LogP contribution in [0, 0.1) is 5.41 Å². The first-order valence-electron chi connectivity index (χ1n) is 12.3. The average Bonchev–Trinajstić information content (AvgIpc) is 2.89. The number of hydrogen-bond acceptors (Lipinski definition) is 14. The van der Waals surface area contributed by atoms with Crippen LogP contribution in [0.15, 0.2) is 11.3 Å². The van der Waals surface area contributed by atoms with Gasteiger partial charge in [-0.25, -0.2) is 4.79 Å². The van der Waals surface area contributed by atoms with Gasteiger partial charge in [-0.2, -0.15) is 8.42 Å². The molecule has 4 atom stereocenters. The maximum atomic E-state index is 13.1. The van der Waals surface area contributed by atoms with E-state index in [2.05, 4.69) is 9.50 Å². The van der Waals surface area contributed by atoms with Crippen molar-refractivity contribution < 1.29 is 55.5 Å². The fourth-order valence-corrected chi connectivity index (χ4v) is 5.43. The molecule has 2 rings (SSSR count). The molecule has 2 aliphatic heterocycles. The Morgan fingerprint density at radius 3 is 2.42 bits per heavy atom. The number of Topliss-reactive ketones (excluding diaryl/α,β-unsaturated/α-hetero) is 1. The minimum atomic E-state index is -4.21. The van der Waals surface area contributed by atoms with Crippen molar-refractivity contribution in [3.05, 3.63) is 11.3 Å². The summed E-state index contributed by atoms with van der Waals surface area (Å²) in [5.74, 6) is -6.24. The van der Waals surface area contributed by atoms with Gasteiger partial charge in [-0.15, -0.1) is 11.8 Å². The Morgan fingerprint density at radius 1 is 1.18 bits per heavy atom. The molecule has 0 saturated carbocycles. The zero-order valence-corrected chi connectivity index (χ0v) is 24.3. The molecule has 0 bridgehead atoms. The predicted molar refractivity (Wildman–Crippen MR) is 139 cm³/mol. The number of methoxy groups -OCH3 is 1. The maximum Gasteiger partial charge on any atom is 0.358 e. The summed E-state index contributed by atoms with van der Waals surface area (Å²) in [6, 6.07) is -1.19. The molecule has 1 fully saturated rings. The Kier molecular flexibility index (Phi) is 12.1. The Balaban J connectivity index is 2.18. The molecule has 0 spiro atoms. The zero-order valence-electron chi connectivity index (χ0n) is 22.7. The summed E-state index contributed by atoms with van der Waals surface area (Å²) >= 11 is 1.21. The van der Waals surface area contributed by atoms with E-state index in [0.29, 0.717) is 12.0 Å². The van der Waals surface area contributed by atoms with Gasteiger partial charge in [-0.05, 0) is 25.8 Å². The summed E-state index contributed by atoms with van der Waals surface area (Å²) in [5, 5.41) is 9.25. The highest BCUT2D eigenvalue weighted by atomic mass is 32.2. The van der Waals surface area contributed by atoms with Crippen molar-refractivity contribution in [3.8, 4) is 0 Å². The summed E-state index contributed by atoms with van der Waals surface area (Å²) in [5.41, 5.74) is 0.320. The molecule has 0 aromatic heterocycles. The number of amides is 2. The summed E-state index contributed by atoms with van der Waals surface area (Å²) < 4.78 is 48.2. The summed E-state index contributed by atoms with van der Waals surface area (Å²) in [6.07, 6.45) is -2.51. The Labute approximate surface area is 235 Å². The topological polar surface area (TPSA) is 205 Å². The van der Waals surface area contributed by atoms with Crippen LogP contribution in [0.5, 0.6) is 0 Å². The predicted octanol–water partition coefficient (Wildman–Crippen LogP) is -0.163. The monoisotopic (exact) mass is 607 g/mol. The third-order valence-electron chi connectivity index (χ3n) is 5.48. The Morgan fingerprint density at radius 2 is 1.85 bits per heavy atom. The van der Waals surface area contributed by atoms with E-state index in [1.54, 1.807) is 6.92 Å². The molecule has 0 aliphatic carbocycles. The SMILES string of the molecule is CCCC(=O)OC(C)OC(=O)C1=C(COC)CS[C@@H]2C(NC(=O)C(OCC)C(=O)C(=N)OS(=O)(=O)CC)C(=O)N12. The first kappa shape index (κ1) is 33.2. The number of esters is 2. The van der Waals surface area contributed by atoms with E-state index in [0.717, 1.165) is 4.90 Å². The van der Waals surface area contributed by atoms with E-state index < -0.39 is 75.1 Å². The van der Waals surface area contributed by atoms with Gasteiger partial charge in [0, 0.05) is 32.8 Å². The van der Waals surface area contributed by atoms with E-state index in [1.165, 1.54) is 39.6 Å². The van der Waals surface area contributed by atoms with Crippen LogP contribution in [0.25, 0.3) is 0 Å². The third-order valence-corrected chi connectivity index (χ3v) is 7.95. The van der Waals surface area contributed by atoms with Crippen LogP contribution in [-0.4, -0.2) is 104 Å². The number of thioether (sulfide) groups is 1. The lowest BCUT2D eigenvalue weighted by molar-refractivity contribution is -0.184. The number of nitrogens with one attached hydrogen (secondary N) is 2. The third kappa shape index (κ3) is 8.02. The van der Waals surface area contributed by atoms with Crippen molar-refractivity contribution in [1.82, 2.24) is 10.2 Å². The van der Waals surface area contributed by atoms with Crippen molar-refractivity contribution in [1.29, 1.82) is 5.41 Å². The minimum Gasteiger partial charge on any atom is -0.425 e. The number of ketones is 1. The largest absolute Gasteiger partial charge is 0.425 e. The van der Waals surface area contributed by atoms with Crippen LogP contribution < -0.4 is 5.32 Å². The standard InChI is InChI=1S/C23H33N3O12S2/c1-6-9-14(27)36-12(4)37-23(31)16-13(10-34-5)11-39-22-15(21(30)26(16)22)25-20(29)18(35-7-2)17(28)19(24)38-40(32,33)8-3/h12,15,18,22,24H,6-11H2,1-5H3,(H,25,29)/t12?,15?,18?,22-/m1/s1. The molecule has 0 radical (unpaired) electrons. The zero-order chi connectivity index (χ0) is 30.2. The molecular formula is C23H33N3O12S2. The van der Waals surface area contributed by atoms with Crippen LogP contribution in [0.3, 0.4) is 0 Å². The van der Waals surface area contributed by atoms with E-state index in [9.17, 15) is 32.4 Å². The first-order valence-corrected chi connectivity index (χ1v) is 15.0. The molecule has 0 aromatic carbocycles. The molecular weight excluding hydrogens is 574 g/mol. The smallest absolute Gasteiger partial charge is 0.358 e. The van der Waals surface area contributed by atoms with Gasteiger partial charge in [0.25, 0.3) is 23.5 Å². The lowest BCUT2D eigenvalue weighted by atomic mass is 10.0. The minimum absolute atomic E-state index is 0.00133. The van der Waals surface area contributed by atoms with Crippen molar-refractivity contribution >= 4 is 57.3 Å².